The molecule has 92 valence electrons. The van der Waals surface area contributed by atoms with Crippen LogP contribution in [0.4, 0.5) is 5.69 Å². The fourth-order valence-corrected chi connectivity index (χ4v) is 2.49. The van der Waals surface area contributed by atoms with Gasteiger partial charge in [0.25, 0.3) is 0 Å². The number of hydrogen-bond donors (Lipinski definition) is 1. The van der Waals surface area contributed by atoms with Gasteiger partial charge in [-0.3, -0.25) is 4.98 Å². The fourth-order valence-electron chi connectivity index (χ4n) is 2.49. The molecule has 0 saturated heterocycles. The maximum atomic E-state index is 11.2. The van der Waals surface area contributed by atoms with Gasteiger partial charge in [-0.1, -0.05) is 12.8 Å². The summed E-state index contributed by atoms with van der Waals surface area (Å²) < 4.78 is 0. The van der Waals surface area contributed by atoms with E-state index in [0.717, 1.165) is 24.2 Å². The summed E-state index contributed by atoms with van der Waals surface area (Å²) >= 11 is 0. The van der Waals surface area contributed by atoms with Gasteiger partial charge in [-0.05, 0) is 25.8 Å². The largest absolute Gasteiger partial charge is 0.478 e. The number of hydrogen-bond acceptors (Lipinski definition) is 3. The lowest BCUT2D eigenvalue weighted by Crippen LogP contribution is -2.30. The zero-order valence-corrected chi connectivity index (χ0v) is 10.3. The van der Waals surface area contributed by atoms with E-state index < -0.39 is 5.97 Å². The van der Waals surface area contributed by atoms with E-state index in [1.165, 1.54) is 19.0 Å². The van der Waals surface area contributed by atoms with Crippen LogP contribution in [0.1, 0.15) is 41.7 Å². The molecule has 0 aromatic carbocycles. The van der Waals surface area contributed by atoms with Crippen LogP contribution < -0.4 is 4.90 Å². The number of carboxylic acid groups (broad SMARTS) is 1. The lowest BCUT2D eigenvalue weighted by Gasteiger charge is -2.27. The van der Waals surface area contributed by atoms with E-state index in [-0.39, 0.29) is 0 Å². The molecule has 1 N–H and O–H groups in total. The maximum absolute atomic E-state index is 11.2. The van der Waals surface area contributed by atoms with Gasteiger partial charge in [0.05, 0.1) is 5.69 Å². The molecule has 0 aliphatic heterocycles. The number of aromatic nitrogens is 1. The Bertz CT molecular complexity index is 425. The number of carboxylic acids is 1. The topological polar surface area (TPSA) is 53.4 Å². The number of aromatic carboxylic acids is 1. The molecule has 1 heterocycles. The number of anilines is 1. The maximum Gasteiger partial charge on any atom is 0.339 e. The molecular weight excluding hydrogens is 216 g/mol. The van der Waals surface area contributed by atoms with Gasteiger partial charge in [0.1, 0.15) is 5.56 Å². The smallest absolute Gasteiger partial charge is 0.339 e. The summed E-state index contributed by atoms with van der Waals surface area (Å²) in [5.74, 6) is -0.905. The summed E-state index contributed by atoms with van der Waals surface area (Å²) in [5.41, 5.74) is 1.94. The molecule has 0 radical (unpaired) electrons. The van der Waals surface area contributed by atoms with Gasteiger partial charge in [0.2, 0.25) is 0 Å². The number of carbonyl (C=O) groups is 1. The molecule has 1 aromatic heterocycles. The van der Waals surface area contributed by atoms with Crippen molar-refractivity contribution in [2.75, 3.05) is 11.9 Å². The lowest BCUT2D eigenvalue weighted by atomic mass is 10.1. The van der Waals surface area contributed by atoms with E-state index in [1.807, 2.05) is 20.0 Å². The van der Waals surface area contributed by atoms with E-state index in [2.05, 4.69) is 9.88 Å². The quantitative estimate of drug-likeness (QED) is 0.872. The molecule has 0 unspecified atom stereocenters. The van der Waals surface area contributed by atoms with Crippen molar-refractivity contribution in [3.8, 4) is 0 Å². The summed E-state index contributed by atoms with van der Waals surface area (Å²) in [7, 11) is 1.98. The highest BCUT2D eigenvalue weighted by atomic mass is 16.4. The first-order valence-electron chi connectivity index (χ1n) is 6.02. The van der Waals surface area contributed by atoms with Crippen molar-refractivity contribution in [2.45, 2.75) is 38.6 Å². The Hall–Kier alpha value is -1.58. The third-order valence-electron chi connectivity index (χ3n) is 3.50. The predicted octanol–water partition coefficient (Wildman–Crippen LogP) is 2.47. The Morgan fingerprint density at radius 1 is 1.47 bits per heavy atom. The van der Waals surface area contributed by atoms with Crippen LogP contribution in [0.3, 0.4) is 0 Å². The first-order valence-corrected chi connectivity index (χ1v) is 6.02. The molecule has 1 aromatic rings. The molecule has 0 amide bonds. The molecule has 17 heavy (non-hydrogen) atoms. The normalized spacial score (nSPS) is 16.1. The minimum absolute atomic E-state index is 0.296. The number of aryl methyl sites for hydroxylation is 1. The second-order valence-corrected chi connectivity index (χ2v) is 4.70. The van der Waals surface area contributed by atoms with Crippen molar-refractivity contribution in [3.05, 3.63) is 23.5 Å². The van der Waals surface area contributed by atoms with Crippen molar-refractivity contribution >= 4 is 11.7 Å². The van der Waals surface area contributed by atoms with E-state index in [1.54, 1.807) is 0 Å². The van der Waals surface area contributed by atoms with Crippen LogP contribution in [0, 0.1) is 6.92 Å². The monoisotopic (exact) mass is 234 g/mol. The third kappa shape index (κ3) is 2.40. The van der Waals surface area contributed by atoms with Crippen LogP contribution >= 0.6 is 0 Å². The van der Waals surface area contributed by atoms with Gasteiger partial charge in [-0.15, -0.1) is 0 Å². The van der Waals surface area contributed by atoms with Crippen LogP contribution in [-0.2, 0) is 0 Å². The van der Waals surface area contributed by atoms with Crippen molar-refractivity contribution in [1.29, 1.82) is 0 Å². The van der Waals surface area contributed by atoms with Crippen LogP contribution in [-0.4, -0.2) is 29.1 Å². The van der Waals surface area contributed by atoms with E-state index >= 15 is 0 Å². The minimum atomic E-state index is -0.905. The molecule has 1 aliphatic carbocycles. The zero-order chi connectivity index (χ0) is 12.4. The Labute approximate surface area is 101 Å². The first kappa shape index (κ1) is 11.9. The SMILES string of the molecule is Cc1cc(N(C)C2CCCC2)c(C(=O)O)cn1. The number of nitrogens with zero attached hydrogens (tertiary/aromatic N) is 2. The molecular formula is C13H18N2O2. The average Bonchev–Trinajstić information content (AvgIpc) is 2.80. The molecule has 1 aliphatic rings. The summed E-state index contributed by atoms with van der Waals surface area (Å²) in [6, 6.07) is 2.33. The molecule has 1 fully saturated rings. The predicted molar refractivity (Wildman–Crippen MR) is 66.6 cm³/mol. The number of rotatable bonds is 3. The van der Waals surface area contributed by atoms with Gasteiger partial charge in [-0.25, -0.2) is 4.79 Å². The van der Waals surface area contributed by atoms with Gasteiger partial charge in [-0.2, -0.15) is 0 Å². The zero-order valence-electron chi connectivity index (χ0n) is 10.3. The van der Waals surface area contributed by atoms with E-state index in [9.17, 15) is 9.90 Å². The molecule has 1 saturated carbocycles. The van der Waals surface area contributed by atoms with Crippen LogP contribution in [0.2, 0.25) is 0 Å². The Balaban J connectivity index is 2.34. The van der Waals surface area contributed by atoms with Gasteiger partial charge in [0.15, 0.2) is 0 Å². The van der Waals surface area contributed by atoms with Crippen LogP contribution in [0.5, 0.6) is 0 Å². The Morgan fingerprint density at radius 3 is 2.71 bits per heavy atom. The Morgan fingerprint density at radius 2 is 2.12 bits per heavy atom. The average molecular weight is 234 g/mol. The standard InChI is InChI=1S/C13H18N2O2/c1-9-7-12(11(8-14-9)13(16)17)15(2)10-5-3-4-6-10/h7-8,10H,3-6H2,1-2H3,(H,16,17). The minimum Gasteiger partial charge on any atom is -0.478 e. The van der Waals surface area contributed by atoms with Crippen molar-refractivity contribution in [2.24, 2.45) is 0 Å². The summed E-state index contributed by atoms with van der Waals surface area (Å²) in [6.07, 6.45) is 6.23. The van der Waals surface area contributed by atoms with Gasteiger partial charge >= 0.3 is 5.97 Å². The molecule has 4 heteroatoms. The summed E-state index contributed by atoms with van der Waals surface area (Å²) in [5, 5.41) is 9.18. The van der Waals surface area contributed by atoms with Crippen molar-refractivity contribution < 1.29 is 9.90 Å². The molecule has 2 rings (SSSR count). The summed E-state index contributed by atoms with van der Waals surface area (Å²) in [4.78, 5) is 17.4. The lowest BCUT2D eigenvalue weighted by molar-refractivity contribution is 0.0697. The molecule has 4 nitrogen and oxygen atoms in total. The fraction of sp³-hybridized carbons (Fsp3) is 0.538. The number of pyridine rings is 1. The van der Waals surface area contributed by atoms with Crippen LogP contribution in [0.25, 0.3) is 0 Å². The van der Waals surface area contributed by atoms with Crippen LogP contribution in [0.15, 0.2) is 12.3 Å². The van der Waals surface area contributed by atoms with E-state index in [4.69, 9.17) is 0 Å². The highest BCUT2D eigenvalue weighted by Crippen LogP contribution is 2.29. The second kappa shape index (κ2) is 4.73. The second-order valence-electron chi connectivity index (χ2n) is 4.70. The third-order valence-corrected chi connectivity index (χ3v) is 3.50. The van der Waals surface area contributed by atoms with Crippen molar-refractivity contribution in [3.63, 3.8) is 0 Å². The molecule has 0 atom stereocenters. The molecule has 0 spiro atoms. The van der Waals surface area contributed by atoms with Gasteiger partial charge in [0, 0.05) is 25.0 Å². The highest BCUT2D eigenvalue weighted by molar-refractivity contribution is 5.94. The highest BCUT2D eigenvalue weighted by Gasteiger charge is 2.23. The first-order chi connectivity index (χ1) is 8.09. The van der Waals surface area contributed by atoms with Crippen molar-refractivity contribution in [1.82, 2.24) is 4.98 Å². The molecule has 0 bridgehead atoms. The van der Waals surface area contributed by atoms with E-state index in [0.29, 0.717) is 11.6 Å². The summed E-state index contributed by atoms with van der Waals surface area (Å²) in [6.45, 7) is 1.89. The Kier molecular flexibility index (Phi) is 3.31. The van der Waals surface area contributed by atoms with Gasteiger partial charge < -0.3 is 10.0 Å².